The standard InChI is InChI=1S/C23H30N4O5S/c1-5-6-18-7-8-22-20(11-18)32-21(14-26(4)23(29)19-12-24-9-10-25-19)16(2)13-27(17(3)15-28)33(22,30)31/h5-12,16-17,21,28H,13-15H2,1-4H3/b6-5+/t16-,17-,21-/m1/s1. The molecule has 178 valence electrons. The van der Waals surface area contributed by atoms with Gasteiger partial charge >= 0.3 is 0 Å². The van der Waals surface area contributed by atoms with Gasteiger partial charge in [0, 0.05) is 37.9 Å². The molecule has 2 heterocycles. The van der Waals surface area contributed by atoms with Crippen LogP contribution < -0.4 is 4.74 Å². The van der Waals surface area contributed by atoms with Gasteiger partial charge in [0.1, 0.15) is 22.4 Å². The molecule has 3 rings (SSSR count). The molecule has 9 nitrogen and oxygen atoms in total. The van der Waals surface area contributed by atoms with Gasteiger partial charge in [-0.2, -0.15) is 4.31 Å². The first-order chi connectivity index (χ1) is 15.7. The van der Waals surface area contributed by atoms with Crippen molar-refractivity contribution in [3.05, 3.63) is 54.1 Å². The van der Waals surface area contributed by atoms with Gasteiger partial charge in [-0.15, -0.1) is 0 Å². The number of aromatic nitrogens is 2. The first kappa shape index (κ1) is 24.8. The number of rotatable bonds is 6. The van der Waals surface area contributed by atoms with E-state index in [1.54, 1.807) is 26.1 Å². The smallest absolute Gasteiger partial charge is 0.273 e. The molecule has 3 atom stereocenters. The number of ether oxygens (including phenoxy) is 1. The average Bonchev–Trinajstić information content (AvgIpc) is 2.81. The van der Waals surface area contributed by atoms with Crippen LogP contribution in [-0.4, -0.2) is 77.5 Å². The lowest BCUT2D eigenvalue weighted by Gasteiger charge is -2.37. The molecule has 0 unspecified atom stereocenters. The zero-order valence-corrected chi connectivity index (χ0v) is 20.1. The van der Waals surface area contributed by atoms with Gasteiger partial charge < -0.3 is 14.7 Å². The van der Waals surface area contributed by atoms with Crippen LogP contribution in [0.2, 0.25) is 0 Å². The van der Waals surface area contributed by atoms with Gasteiger partial charge in [-0.1, -0.05) is 25.1 Å². The summed E-state index contributed by atoms with van der Waals surface area (Å²) in [5.41, 5.74) is 1.01. The second kappa shape index (κ2) is 10.4. The number of fused-ring (bicyclic) bond motifs is 1. The van der Waals surface area contributed by atoms with Crippen molar-refractivity contribution in [2.24, 2.45) is 5.92 Å². The van der Waals surface area contributed by atoms with Gasteiger partial charge in [-0.3, -0.25) is 9.78 Å². The molecule has 1 aromatic heterocycles. The molecule has 33 heavy (non-hydrogen) atoms. The van der Waals surface area contributed by atoms with Gasteiger partial charge in [-0.05, 0) is 31.5 Å². The minimum atomic E-state index is -3.90. The number of aliphatic hydroxyl groups is 1. The normalized spacial score (nSPS) is 21.5. The Morgan fingerprint density at radius 1 is 1.39 bits per heavy atom. The van der Waals surface area contributed by atoms with E-state index in [1.165, 1.54) is 33.9 Å². The third-order valence-electron chi connectivity index (χ3n) is 5.63. The maximum Gasteiger partial charge on any atom is 0.273 e. The third kappa shape index (κ3) is 5.40. The fourth-order valence-corrected chi connectivity index (χ4v) is 5.54. The van der Waals surface area contributed by atoms with Crippen LogP contribution in [-0.2, 0) is 10.0 Å². The van der Waals surface area contributed by atoms with Crippen molar-refractivity contribution in [1.29, 1.82) is 0 Å². The Hall–Kier alpha value is -2.82. The number of nitrogens with zero attached hydrogens (tertiary/aromatic N) is 4. The molecule has 0 spiro atoms. The third-order valence-corrected chi connectivity index (χ3v) is 7.65. The lowest BCUT2D eigenvalue weighted by Crippen LogP contribution is -2.50. The fraction of sp³-hybridized carbons (Fsp3) is 0.435. The molecule has 0 fully saturated rings. The van der Waals surface area contributed by atoms with E-state index in [0.29, 0.717) is 0 Å². The van der Waals surface area contributed by atoms with Crippen LogP contribution >= 0.6 is 0 Å². The Kier molecular flexibility index (Phi) is 7.83. The lowest BCUT2D eigenvalue weighted by atomic mass is 10.0. The minimum absolute atomic E-state index is 0.0378. The van der Waals surface area contributed by atoms with Crippen LogP contribution in [0.15, 0.2) is 47.8 Å². The van der Waals surface area contributed by atoms with Crippen molar-refractivity contribution >= 4 is 22.0 Å². The van der Waals surface area contributed by atoms with E-state index >= 15 is 0 Å². The molecule has 1 aliphatic heterocycles. The molecule has 2 aromatic rings. The lowest BCUT2D eigenvalue weighted by molar-refractivity contribution is 0.0559. The van der Waals surface area contributed by atoms with Crippen LogP contribution in [0.25, 0.3) is 6.08 Å². The van der Waals surface area contributed by atoms with Crippen molar-refractivity contribution in [3.8, 4) is 5.75 Å². The van der Waals surface area contributed by atoms with E-state index in [4.69, 9.17) is 4.74 Å². The molecule has 0 radical (unpaired) electrons. The monoisotopic (exact) mass is 474 g/mol. The second-order valence-corrected chi connectivity index (χ2v) is 10.1. The predicted octanol–water partition coefficient (Wildman–Crippen LogP) is 2.05. The highest BCUT2D eigenvalue weighted by atomic mass is 32.2. The van der Waals surface area contributed by atoms with Crippen molar-refractivity contribution in [3.63, 3.8) is 0 Å². The van der Waals surface area contributed by atoms with Gasteiger partial charge in [0.25, 0.3) is 5.91 Å². The summed E-state index contributed by atoms with van der Waals surface area (Å²) in [5, 5.41) is 9.73. The fourth-order valence-electron chi connectivity index (χ4n) is 3.71. The highest BCUT2D eigenvalue weighted by Crippen LogP contribution is 2.34. The SMILES string of the molecule is C/C=C/c1ccc2c(c1)O[C@H](CN(C)C(=O)c1cnccn1)[C@H](C)CN([C@H](C)CO)S2(=O)=O. The summed E-state index contributed by atoms with van der Waals surface area (Å²) in [5.74, 6) is -0.362. The maximum absolute atomic E-state index is 13.5. The second-order valence-electron chi connectivity index (χ2n) is 8.22. The molecular formula is C23H30N4O5S. The minimum Gasteiger partial charge on any atom is -0.487 e. The van der Waals surface area contributed by atoms with Crippen molar-refractivity contribution in [1.82, 2.24) is 19.2 Å². The Morgan fingerprint density at radius 3 is 2.79 bits per heavy atom. The number of likely N-dealkylation sites (N-methyl/N-ethyl adjacent to an activating group) is 1. The van der Waals surface area contributed by atoms with Crippen LogP contribution in [0.3, 0.4) is 0 Å². The van der Waals surface area contributed by atoms with Gasteiger partial charge in [0.2, 0.25) is 10.0 Å². The van der Waals surface area contributed by atoms with E-state index in [1.807, 2.05) is 26.0 Å². The number of amides is 1. The number of hydrogen-bond donors (Lipinski definition) is 1. The predicted molar refractivity (Wildman–Crippen MR) is 124 cm³/mol. The summed E-state index contributed by atoms with van der Waals surface area (Å²) >= 11 is 0. The van der Waals surface area contributed by atoms with Gasteiger partial charge in [-0.25, -0.2) is 13.4 Å². The number of sulfonamides is 1. The van der Waals surface area contributed by atoms with E-state index in [0.717, 1.165) is 5.56 Å². The Labute approximate surface area is 194 Å². The Morgan fingerprint density at radius 2 is 2.15 bits per heavy atom. The molecule has 0 bridgehead atoms. The van der Waals surface area contributed by atoms with Crippen LogP contribution in [0.1, 0.15) is 36.8 Å². The first-order valence-electron chi connectivity index (χ1n) is 10.8. The number of hydrogen-bond acceptors (Lipinski definition) is 7. The molecule has 1 amide bonds. The van der Waals surface area contributed by atoms with Gasteiger partial charge in [0.15, 0.2) is 0 Å². The maximum atomic E-state index is 13.5. The van der Waals surface area contributed by atoms with E-state index in [2.05, 4.69) is 9.97 Å². The quantitative estimate of drug-likeness (QED) is 0.682. The average molecular weight is 475 g/mol. The highest BCUT2D eigenvalue weighted by molar-refractivity contribution is 7.89. The summed E-state index contributed by atoms with van der Waals surface area (Å²) in [6.45, 7) is 5.45. The molecule has 1 aliphatic rings. The number of aliphatic hydroxyl groups excluding tert-OH is 1. The van der Waals surface area contributed by atoms with E-state index < -0.39 is 22.2 Å². The Balaban J connectivity index is 2.01. The molecule has 0 saturated carbocycles. The van der Waals surface area contributed by atoms with Crippen molar-refractivity contribution in [2.45, 2.75) is 37.8 Å². The number of allylic oxidation sites excluding steroid dienone is 1. The topological polar surface area (TPSA) is 113 Å². The number of carbonyl (C=O) groups is 1. The summed E-state index contributed by atoms with van der Waals surface area (Å²) in [7, 11) is -2.26. The van der Waals surface area contributed by atoms with Crippen molar-refractivity contribution < 1.29 is 23.1 Å². The number of carbonyl (C=O) groups excluding carboxylic acids is 1. The molecule has 1 aromatic carbocycles. The highest BCUT2D eigenvalue weighted by Gasteiger charge is 2.38. The van der Waals surface area contributed by atoms with Crippen LogP contribution in [0, 0.1) is 5.92 Å². The Bertz CT molecular complexity index is 1110. The summed E-state index contributed by atoms with van der Waals surface area (Å²) in [6.07, 6.45) is 7.55. The summed E-state index contributed by atoms with van der Waals surface area (Å²) < 4.78 is 34.5. The van der Waals surface area contributed by atoms with Crippen LogP contribution in [0.4, 0.5) is 0 Å². The summed E-state index contributed by atoms with van der Waals surface area (Å²) in [6, 6.07) is 4.31. The molecular weight excluding hydrogens is 444 g/mol. The van der Waals surface area contributed by atoms with Crippen LogP contribution in [0.5, 0.6) is 5.75 Å². The molecule has 1 N–H and O–H groups in total. The largest absolute Gasteiger partial charge is 0.487 e. The van der Waals surface area contributed by atoms with E-state index in [9.17, 15) is 18.3 Å². The summed E-state index contributed by atoms with van der Waals surface area (Å²) in [4.78, 5) is 22.3. The van der Waals surface area contributed by atoms with Crippen molar-refractivity contribution in [2.75, 3.05) is 26.7 Å². The zero-order valence-electron chi connectivity index (χ0n) is 19.2. The molecule has 10 heteroatoms. The molecule has 0 aliphatic carbocycles. The molecule has 0 saturated heterocycles. The first-order valence-corrected chi connectivity index (χ1v) is 12.2. The van der Waals surface area contributed by atoms with Gasteiger partial charge in [0.05, 0.1) is 19.3 Å². The number of benzene rings is 1. The zero-order chi connectivity index (χ0) is 24.2. The van der Waals surface area contributed by atoms with E-state index in [-0.39, 0.29) is 47.9 Å².